The molecule has 4 aromatic rings. The van der Waals surface area contributed by atoms with Gasteiger partial charge >= 0.3 is 18.1 Å². The molecule has 2 heterocycles. The number of hydrogen-bond acceptors (Lipinski definition) is 8. The van der Waals surface area contributed by atoms with Crippen LogP contribution in [0.1, 0.15) is 10.4 Å². The van der Waals surface area contributed by atoms with Crippen LogP contribution >= 0.6 is 11.8 Å². The van der Waals surface area contributed by atoms with E-state index in [2.05, 4.69) is 27.0 Å². The second-order valence-electron chi connectivity index (χ2n) is 6.79. The Hall–Kier alpha value is -4.44. The minimum atomic E-state index is -5.08. The number of fused-ring (bicyclic) bond motifs is 1. The van der Waals surface area contributed by atoms with E-state index in [1.807, 2.05) is 42.5 Å². The fraction of sp³-hybridized carbons (Fsp3) is 0.125. The number of carboxylic acids is 1. The molecule has 0 saturated carbocycles. The van der Waals surface area contributed by atoms with Gasteiger partial charge in [0.15, 0.2) is 6.61 Å². The van der Waals surface area contributed by atoms with Crippen LogP contribution in [0.25, 0.3) is 22.2 Å². The Labute approximate surface area is 210 Å². The minimum Gasteiger partial charge on any atom is -0.475 e. The van der Waals surface area contributed by atoms with Gasteiger partial charge in [-0.3, -0.25) is 0 Å². The van der Waals surface area contributed by atoms with Crippen molar-refractivity contribution in [2.45, 2.75) is 11.4 Å². The number of thioether (sulfide) groups is 1. The van der Waals surface area contributed by atoms with Crippen molar-refractivity contribution in [1.29, 1.82) is 0 Å². The highest BCUT2D eigenvalue weighted by Gasteiger charge is 2.38. The first kappa shape index (κ1) is 27.2. The number of carboxylic acid groups (broad SMARTS) is 1. The summed E-state index contributed by atoms with van der Waals surface area (Å²) in [7, 11) is 0. The zero-order valence-corrected chi connectivity index (χ0v) is 19.3. The van der Waals surface area contributed by atoms with Crippen molar-refractivity contribution in [3.05, 3.63) is 72.3 Å². The molecule has 0 amide bonds. The van der Waals surface area contributed by atoms with Gasteiger partial charge in [0.25, 0.3) is 5.22 Å². The molecular weight excluding hydrogens is 518 g/mol. The van der Waals surface area contributed by atoms with E-state index >= 15 is 0 Å². The number of benzene rings is 2. The highest BCUT2D eigenvalue weighted by atomic mass is 32.2. The summed E-state index contributed by atoms with van der Waals surface area (Å²) < 4.78 is 55.2. The normalized spacial score (nSPS) is 10.6. The monoisotopic (exact) mass is 533 g/mol. The Morgan fingerprint density at radius 3 is 2.46 bits per heavy atom. The summed E-state index contributed by atoms with van der Waals surface area (Å²) in [5.74, 6) is 2.41. The summed E-state index contributed by atoms with van der Waals surface area (Å²) in [5.41, 5.74) is 1.04. The first-order valence-electron chi connectivity index (χ1n) is 10.1. The number of alkyl halides is 3. The molecular formula is C24H15F4N3O5S. The molecule has 1 N–H and O–H groups in total. The molecule has 0 spiro atoms. The Balaban J connectivity index is 0.000000479. The molecule has 0 aliphatic rings. The molecule has 0 unspecified atom stereocenters. The van der Waals surface area contributed by atoms with Gasteiger partial charge < -0.3 is 14.3 Å². The Bertz CT molecular complexity index is 1440. The van der Waals surface area contributed by atoms with E-state index in [4.69, 9.17) is 19.1 Å². The van der Waals surface area contributed by atoms with Gasteiger partial charge in [-0.05, 0) is 29.0 Å². The molecule has 13 heteroatoms. The number of aliphatic carboxylic acids is 1. The second kappa shape index (κ2) is 12.5. The quantitative estimate of drug-likeness (QED) is 0.124. The highest BCUT2D eigenvalue weighted by Crippen LogP contribution is 2.29. The van der Waals surface area contributed by atoms with Crippen molar-refractivity contribution in [2.75, 3.05) is 12.4 Å². The van der Waals surface area contributed by atoms with Gasteiger partial charge in [0.05, 0.1) is 11.3 Å². The van der Waals surface area contributed by atoms with Crippen LogP contribution in [-0.2, 0) is 9.53 Å². The SMILES string of the molecule is O=C(O)C(F)(F)F.O=C(OCC#CCSc1nnc(-c2cccc3ccccc23)o1)c1ccc(F)nc1. The van der Waals surface area contributed by atoms with Crippen LogP contribution in [0.15, 0.2) is 70.4 Å². The number of carbonyl (C=O) groups excluding carboxylic acids is 1. The van der Waals surface area contributed by atoms with Crippen LogP contribution < -0.4 is 0 Å². The largest absolute Gasteiger partial charge is 0.490 e. The number of carbonyl (C=O) groups is 2. The maximum Gasteiger partial charge on any atom is 0.490 e. The highest BCUT2D eigenvalue weighted by molar-refractivity contribution is 7.99. The van der Waals surface area contributed by atoms with Gasteiger partial charge in [-0.1, -0.05) is 60.0 Å². The lowest BCUT2D eigenvalue weighted by atomic mass is 10.0. The Morgan fingerprint density at radius 2 is 1.76 bits per heavy atom. The van der Waals surface area contributed by atoms with Gasteiger partial charge in [0, 0.05) is 11.8 Å². The summed E-state index contributed by atoms with van der Waals surface area (Å²) in [6.45, 7) is -0.0815. The van der Waals surface area contributed by atoms with E-state index in [9.17, 15) is 22.4 Å². The van der Waals surface area contributed by atoms with Crippen LogP contribution in [0, 0.1) is 17.8 Å². The van der Waals surface area contributed by atoms with E-state index in [0.29, 0.717) is 16.9 Å². The van der Waals surface area contributed by atoms with Crippen molar-refractivity contribution < 1.29 is 41.4 Å². The molecule has 0 radical (unpaired) electrons. The third kappa shape index (κ3) is 8.04. The average Bonchev–Trinajstić information content (AvgIpc) is 3.34. The van der Waals surface area contributed by atoms with Crippen molar-refractivity contribution >= 4 is 34.5 Å². The number of nitrogens with zero attached hydrogens (tertiary/aromatic N) is 3. The van der Waals surface area contributed by atoms with Gasteiger partial charge in [0.1, 0.15) is 0 Å². The number of aromatic nitrogens is 3. The van der Waals surface area contributed by atoms with Gasteiger partial charge in [-0.25, -0.2) is 14.6 Å². The number of rotatable bonds is 5. The Kier molecular flexibility index (Phi) is 9.17. The van der Waals surface area contributed by atoms with E-state index < -0.39 is 24.1 Å². The minimum absolute atomic E-state index is 0.0815. The number of ether oxygens (including phenoxy) is 1. The molecule has 190 valence electrons. The smallest absolute Gasteiger partial charge is 0.475 e. The van der Waals surface area contributed by atoms with Crippen LogP contribution in [-0.4, -0.2) is 50.8 Å². The van der Waals surface area contributed by atoms with Crippen LogP contribution in [0.3, 0.4) is 0 Å². The zero-order valence-electron chi connectivity index (χ0n) is 18.5. The van der Waals surface area contributed by atoms with Gasteiger partial charge in [0.2, 0.25) is 11.8 Å². The molecule has 2 aromatic heterocycles. The molecule has 0 aliphatic heterocycles. The van der Waals surface area contributed by atoms with Crippen molar-refractivity contribution in [2.24, 2.45) is 0 Å². The van der Waals surface area contributed by atoms with E-state index in [-0.39, 0.29) is 12.2 Å². The summed E-state index contributed by atoms with van der Waals surface area (Å²) in [6.07, 6.45) is -3.97. The van der Waals surface area contributed by atoms with Crippen molar-refractivity contribution in [3.8, 4) is 23.3 Å². The summed E-state index contributed by atoms with van der Waals surface area (Å²) >= 11 is 1.29. The molecule has 0 atom stereocenters. The predicted molar refractivity (Wildman–Crippen MR) is 124 cm³/mol. The first-order valence-corrected chi connectivity index (χ1v) is 11.1. The zero-order chi connectivity index (χ0) is 26.8. The summed E-state index contributed by atoms with van der Waals surface area (Å²) in [4.78, 5) is 24.0. The molecule has 0 fully saturated rings. The fourth-order valence-corrected chi connectivity index (χ4v) is 3.20. The molecule has 2 aromatic carbocycles. The molecule has 0 aliphatic carbocycles. The topological polar surface area (TPSA) is 115 Å². The third-order valence-corrected chi connectivity index (χ3v) is 5.00. The molecule has 8 nitrogen and oxygen atoms in total. The maximum atomic E-state index is 12.7. The van der Waals surface area contributed by atoms with E-state index in [0.717, 1.165) is 28.6 Å². The lowest BCUT2D eigenvalue weighted by Crippen LogP contribution is -2.21. The number of hydrogen-bond donors (Lipinski definition) is 1. The number of esters is 1. The van der Waals surface area contributed by atoms with E-state index in [1.54, 1.807) is 0 Å². The molecule has 4 rings (SSSR count). The van der Waals surface area contributed by atoms with E-state index in [1.165, 1.54) is 17.8 Å². The Morgan fingerprint density at radius 1 is 1.03 bits per heavy atom. The van der Waals surface area contributed by atoms with Crippen LogP contribution in [0.5, 0.6) is 0 Å². The maximum absolute atomic E-state index is 12.7. The molecule has 0 saturated heterocycles. The summed E-state index contributed by atoms with van der Waals surface area (Å²) in [6, 6.07) is 16.3. The van der Waals surface area contributed by atoms with Crippen LogP contribution in [0.4, 0.5) is 17.6 Å². The average molecular weight is 533 g/mol. The van der Waals surface area contributed by atoms with Crippen molar-refractivity contribution in [3.63, 3.8) is 0 Å². The van der Waals surface area contributed by atoms with Crippen LogP contribution in [0.2, 0.25) is 0 Å². The number of halogens is 4. The van der Waals surface area contributed by atoms with Gasteiger partial charge in [-0.2, -0.15) is 17.6 Å². The standard InChI is InChI=1S/C22H14FN3O3S.C2HF3O2/c23-19-11-10-16(14-24-19)21(27)28-12-3-4-13-30-22-26-25-20(29-22)18-9-5-7-15-6-1-2-8-17(15)18;3-2(4,5)1(6)7/h1-2,5-11,14H,12-13H2;(H,6,7). The second-order valence-corrected chi connectivity index (χ2v) is 7.72. The lowest BCUT2D eigenvalue weighted by molar-refractivity contribution is -0.192. The molecule has 37 heavy (non-hydrogen) atoms. The lowest BCUT2D eigenvalue weighted by Gasteiger charge is -2.01. The molecule has 0 bridgehead atoms. The third-order valence-electron chi connectivity index (χ3n) is 4.30. The summed E-state index contributed by atoms with van der Waals surface area (Å²) in [5, 5.41) is 17.8. The predicted octanol–water partition coefficient (Wildman–Crippen LogP) is 5.01. The fourth-order valence-electron chi connectivity index (χ4n) is 2.67. The number of pyridine rings is 1. The van der Waals surface area contributed by atoms with Gasteiger partial charge in [-0.15, -0.1) is 10.2 Å². The van der Waals surface area contributed by atoms with Crippen molar-refractivity contribution in [1.82, 2.24) is 15.2 Å². The first-order chi connectivity index (χ1) is 17.6.